The first kappa shape index (κ1) is 16.7. The zero-order valence-corrected chi connectivity index (χ0v) is 14.9. The molecule has 1 atom stereocenters. The van der Waals surface area contributed by atoms with Crippen molar-refractivity contribution >= 4 is 17.5 Å². The lowest BCUT2D eigenvalue weighted by Crippen LogP contribution is -2.36. The molecule has 4 rings (SSSR count). The molecule has 1 fully saturated rings. The highest BCUT2D eigenvalue weighted by Gasteiger charge is 2.28. The molecule has 26 heavy (non-hydrogen) atoms. The number of anilines is 2. The maximum absolute atomic E-state index is 11.3. The van der Waals surface area contributed by atoms with Gasteiger partial charge in [-0.2, -0.15) is 0 Å². The molecule has 1 N–H and O–H groups in total. The van der Waals surface area contributed by atoms with Gasteiger partial charge in [0.05, 0.1) is 11.9 Å². The van der Waals surface area contributed by atoms with Crippen molar-refractivity contribution in [1.29, 1.82) is 0 Å². The van der Waals surface area contributed by atoms with E-state index in [9.17, 15) is 4.79 Å². The van der Waals surface area contributed by atoms with Crippen LogP contribution in [0.1, 0.15) is 24.6 Å². The quantitative estimate of drug-likeness (QED) is 0.864. The van der Waals surface area contributed by atoms with Crippen molar-refractivity contribution < 1.29 is 4.79 Å². The van der Waals surface area contributed by atoms with E-state index in [0.29, 0.717) is 0 Å². The molecule has 0 saturated carbocycles. The van der Waals surface area contributed by atoms with Crippen molar-refractivity contribution in [2.75, 3.05) is 36.0 Å². The van der Waals surface area contributed by atoms with Crippen molar-refractivity contribution in [1.82, 2.24) is 25.3 Å². The highest BCUT2D eigenvalue weighted by molar-refractivity contribution is 5.73. The zero-order valence-electron chi connectivity index (χ0n) is 14.9. The normalized spacial score (nSPS) is 19.8. The summed E-state index contributed by atoms with van der Waals surface area (Å²) in [6, 6.07) is 0.194. The molecule has 0 bridgehead atoms. The number of hydrogen-bond donors (Lipinski definition) is 1. The Morgan fingerprint density at radius 1 is 1.12 bits per heavy atom. The van der Waals surface area contributed by atoms with Crippen LogP contribution in [0.2, 0.25) is 0 Å². The Bertz CT molecular complexity index is 782. The number of aromatic nitrogens is 4. The lowest BCUT2D eigenvalue weighted by atomic mass is 10.1. The van der Waals surface area contributed by atoms with Gasteiger partial charge in [0.15, 0.2) is 0 Å². The SMILES string of the molecule is CC(=O)NC1CCN(c2ncnc3c2CCN(c2cnccn2)CC3)C1. The van der Waals surface area contributed by atoms with Crippen LogP contribution in [-0.2, 0) is 17.6 Å². The van der Waals surface area contributed by atoms with Gasteiger partial charge in [0.1, 0.15) is 18.0 Å². The van der Waals surface area contributed by atoms with Gasteiger partial charge >= 0.3 is 0 Å². The van der Waals surface area contributed by atoms with Gasteiger partial charge < -0.3 is 15.1 Å². The Hall–Kier alpha value is -2.77. The molecule has 0 aliphatic carbocycles. The minimum absolute atomic E-state index is 0.0259. The molecule has 4 heterocycles. The molecular formula is C18H23N7O. The van der Waals surface area contributed by atoms with E-state index in [0.717, 1.165) is 62.8 Å². The predicted molar refractivity (Wildman–Crippen MR) is 98.1 cm³/mol. The summed E-state index contributed by atoms with van der Waals surface area (Å²) in [6.07, 6.45) is 9.58. The summed E-state index contributed by atoms with van der Waals surface area (Å²) in [5.41, 5.74) is 2.34. The molecule has 8 nitrogen and oxygen atoms in total. The van der Waals surface area contributed by atoms with E-state index in [-0.39, 0.29) is 11.9 Å². The number of nitrogens with zero attached hydrogens (tertiary/aromatic N) is 6. The molecule has 2 aliphatic heterocycles. The Balaban J connectivity index is 1.52. The van der Waals surface area contributed by atoms with Crippen molar-refractivity contribution in [3.8, 4) is 0 Å². The fraction of sp³-hybridized carbons (Fsp3) is 0.500. The molecule has 2 aromatic heterocycles. The number of carbonyl (C=O) groups is 1. The lowest BCUT2D eigenvalue weighted by molar-refractivity contribution is -0.119. The van der Waals surface area contributed by atoms with E-state index in [4.69, 9.17) is 0 Å². The van der Waals surface area contributed by atoms with Gasteiger partial charge in [0, 0.05) is 63.5 Å². The van der Waals surface area contributed by atoms with Gasteiger partial charge in [-0.25, -0.2) is 15.0 Å². The van der Waals surface area contributed by atoms with E-state index in [2.05, 4.69) is 35.1 Å². The molecule has 2 aromatic rings. The van der Waals surface area contributed by atoms with E-state index < -0.39 is 0 Å². The second kappa shape index (κ2) is 7.23. The summed E-state index contributed by atoms with van der Waals surface area (Å²) in [6.45, 7) is 5.02. The van der Waals surface area contributed by atoms with Gasteiger partial charge in [0.25, 0.3) is 0 Å². The van der Waals surface area contributed by atoms with Crippen LogP contribution in [0.25, 0.3) is 0 Å². The van der Waals surface area contributed by atoms with Gasteiger partial charge in [-0.1, -0.05) is 0 Å². The minimum Gasteiger partial charge on any atom is -0.355 e. The standard InChI is InChI=1S/C18H23N7O/c1-13(26)23-14-2-7-25(11-14)18-15-3-8-24(17-10-19-5-6-20-17)9-4-16(15)21-12-22-18/h5-6,10,12,14H,2-4,7-9,11H2,1H3,(H,23,26). The van der Waals surface area contributed by atoms with E-state index >= 15 is 0 Å². The smallest absolute Gasteiger partial charge is 0.217 e. The summed E-state index contributed by atoms with van der Waals surface area (Å²) < 4.78 is 0. The topological polar surface area (TPSA) is 87.1 Å². The third-order valence-corrected chi connectivity index (χ3v) is 5.03. The molecule has 0 radical (unpaired) electrons. The summed E-state index contributed by atoms with van der Waals surface area (Å²) in [7, 11) is 0. The molecule has 1 amide bonds. The number of carbonyl (C=O) groups excluding carboxylic acids is 1. The van der Waals surface area contributed by atoms with Gasteiger partial charge in [-0.3, -0.25) is 9.78 Å². The average molecular weight is 353 g/mol. The van der Waals surface area contributed by atoms with Gasteiger partial charge in [-0.05, 0) is 12.8 Å². The monoisotopic (exact) mass is 353 g/mol. The third kappa shape index (κ3) is 3.44. The maximum atomic E-state index is 11.3. The van der Waals surface area contributed by atoms with Crippen LogP contribution < -0.4 is 15.1 Å². The Morgan fingerprint density at radius 3 is 2.81 bits per heavy atom. The van der Waals surface area contributed by atoms with Crippen LogP contribution in [0.15, 0.2) is 24.9 Å². The Kier molecular flexibility index (Phi) is 4.64. The van der Waals surface area contributed by atoms with E-state index in [1.165, 1.54) is 5.56 Å². The summed E-state index contributed by atoms with van der Waals surface area (Å²) in [5.74, 6) is 1.95. The molecule has 136 valence electrons. The summed E-state index contributed by atoms with van der Waals surface area (Å²) in [4.78, 5) is 33.6. The van der Waals surface area contributed by atoms with Crippen LogP contribution in [0, 0.1) is 0 Å². The average Bonchev–Trinajstić information content (AvgIpc) is 2.98. The number of hydrogen-bond acceptors (Lipinski definition) is 7. The predicted octanol–water partition coefficient (Wildman–Crippen LogP) is 0.587. The third-order valence-electron chi connectivity index (χ3n) is 5.03. The summed E-state index contributed by atoms with van der Waals surface area (Å²) >= 11 is 0. The van der Waals surface area contributed by atoms with E-state index in [1.807, 2.05) is 0 Å². The first-order valence-electron chi connectivity index (χ1n) is 9.06. The number of fused-ring (bicyclic) bond motifs is 1. The highest BCUT2D eigenvalue weighted by atomic mass is 16.1. The van der Waals surface area contributed by atoms with Crippen LogP contribution in [-0.4, -0.2) is 58.1 Å². The molecule has 8 heteroatoms. The van der Waals surface area contributed by atoms with Gasteiger partial charge in [0.2, 0.25) is 5.91 Å². The van der Waals surface area contributed by atoms with Crippen LogP contribution >= 0.6 is 0 Å². The van der Waals surface area contributed by atoms with Crippen LogP contribution in [0.5, 0.6) is 0 Å². The number of rotatable bonds is 3. The zero-order chi connectivity index (χ0) is 17.9. The summed E-state index contributed by atoms with van der Waals surface area (Å²) in [5, 5.41) is 3.01. The Labute approximate surface area is 152 Å². The number of amides is 1. The number of nitrogens with one attached hydrogen (secondary N) is 1. The van der Waals surface area contributed by atoms with Crippen molar-refractivity contribution in [2.24, 2.45) is 0 Å². The van der Waals surface area contributed by atoms with Crippen LogP contribution in [0.3, 0.4) is 0 Å². The minimum atomic E-state index is 0.0259. The largest absolute Gasteiger partial charge is 0.355 e. The fourth-order valence-corrected chi connectivity index (χ4v) is 3.82. The second-order valence-corrected chi connectivity index (χ2v) is 6.81. The first-order valence-corrected chi connectivity index (χ1v) is 9.06. The second-order valence-electron chi connectivity index (χ2n) is 6.81. The van der Waals surface area contributed by atoms with Crippen molar-refractivity contribution in [3.05, 3.63) is 36.2 Å². The van der Waals surface area contributed by atoms with Gasteiger partial charge in [-0.15, -0.1) is 0 Å². The van der Waals surface area contributed by atoms with Crippen molar-refractivity contribution in [3.63, 3.8) is 0 Å². The van der Waals surface area contributed by atoms with E-state index in [1.54, 1.807) is 31.8 Å². The Morgan fingerprint density at radius 2 is 2.00 bits per heavy atom. The molecule has 0 aromatic carbocycles. The molecule has 1 saturated heterocycles. The molecule has 0 spiro atoms. The van der Waals surface area contributed by atoms with Crippen LogP contribution in [0.4, 0.5) is 11.6 Å². The molecular weight excluding hydrogens is 330 g/mol. The molecule has 2 aliphatic rings. The lowest BCUT2D eigenvalue weighted by Gasteiger charge is -2.22. The highest BCUT2D eigenvalue weighted by Crippen LogP contribution is 2.27. The molecule has 1 unspecified atom stereocenters. The fourth-order valence-electron chi connectivity index (χ4n) is 3.82. The maximum Gasteiger partial charge on any atom is 0.217 e. The first-order chi connectivity index (χ1) is 12.7. The van der Waals surface area contributed by atoms with Crippen molar-refractivity contribution in [2.45, 2.75) is 32.2 Å².